The molecule has 1 aliphatic heterocycles. The van der Waals surface area contributed by atoms with Gasteiger partial charge in [-0.2, -0.15) is 5.10 Å². The van der Waals surface area contributed by atoms with Gasteiger partial charge in [-0.25, -0.2) is 0 Å². The topological polar surface area (TPSA) is 72.5 Å². The lowest BCUT2D eigenvalue weighted by molar-refractivity contribution is -0.160. The third-order valence-electron chi connectivity index (χ3n) is 4.99. The minimum Gasteiger partial charge on any atom is -0.379 e. The van der Waals surface area contributed by atoms with Crippen LogP contribution in [0.2, 0.25) is 0 Å². The molecule has 0 aromatic carbocycles. The van der Waals surface area contributed by atoms with E-state index in [1.165, 1.54) is 12.8 Å². The van der Waals surface area contributed by atoms with Gasteiger partial charge in [0, 0.05) is 37.8 Å². The van der Waals surface area contributed by atoms with Crippen LogP contribution in [-0.2, 0) is 11.3 Å². The number of carbonyl (C=O) groups is 1. The Kier molecular flexibility index (Phi) is 4.95. The second-order valence-corrected chi connectivity index (χ2v) is 9.19. The number of likely N-dealkylation sites (N-methyl/N-ethyl adjacent to an activating group) is 1. The molecule has 3 rings (SSSR count). The largest absolute Gasteiger partial charge is 0.379 e. The lowest BCUT2D eigenvalue weighted by atomic mass is 9.88. The molecule has 2 aliphatic rings. The summed E-state index contributed by atoms with van der Waals surface area (Å²) in [7, 11) is 1.95. The summed E-state index contributed by atoms with van der Waals surface area (Å²) in [5, 5.41) is 18.5. The van der Waals surface area contributed by atoms with E-state index in [0.29, 0.717) is 32.0 Å². The number of likely N-dealkylation sites (tertiary alicyclic amines) is 1. The van der Waals surface area contributed by atoms with E-state index in [1.807, 2.05) is 16.8 Å². The molecule has 1 unspecified atom stereocenters. The van der Waals surface area contributed by atoms with Crippen molar-refractivity contribution in [2.45, 2.75) is 64.5 Å². The van der Waals surface area contributed by atoms with Gasteiger partial charge >= 0.3 is 0 Å². The number of aliphatic hydroxyl groups is 1. The minimum atomic E-state index is -1.28. The van der Waals surface area contributed by atoms with Crippen LogP contribution in [0.1, 0.15) is 63.8 Å². The third-order valence-corrected chi connectivity index (χ3v) is 4.99. The van der Waals surface area contributed by atoms with Gasteiger partial charge in [0.25, 0.3) is 5.91 Å². The lowest BCUT2D eigenvalue weighted by Gasteiger charge is -2.42. The molecule has 25 heavy (non-hydrogen) atoms. The number of amides is 1. The highest BCUT2D eigenvalue weighted by molar-refractivity contribution is 5.86. The highest BCUT2D eigenvalue weighted by Gasteiger charge is 2.43. The van der Waals surface area contributed by atoms with Crippen molar-refractivity contribution in [3.63, 3.8) is 0 Å². The molecule has 1 saturated carbocycles. The van der Waals surface area contributed by atoms with Crippen LogP contribution < -0.4 is 0 Å². The van der Waals surface area contributed by atoms with E-state index in [4.69, 9.17) is 0 Å². The standard InChI is InChI=1S/C19H32N4O2/c1-18(2,3)12-23-9-5-8-19(25,17(23)24)13-22(4)11-15-10-16(21-20-15)14-6-7-14/h10,14,25H,5-9,11-13H2,1-4H3,(H,20,21). The zero-order chi connectivity index (χ0) is 18.2. The molecule has 140 valence electrons. The summed E-state index contributed by atoms with van der Waals surface area (Å²) in [6.45, 7) is 8.80. The van der Waals surface area contributed by atoms with Crippen LogP contribution in [-0.4, -0.2) is 63.3 Å². The van der Waals surface area contributed by atoms with Gasteiger partial charge in [-0.3, -0.25) is 14.8 Å². The van der Waals surface area contributed by atoms with E-state index in [2.05, 4.69) is 37.0 Å². The number of H-pyrrole nitrogens is 1. The highest BCUT2D eigenvalue weighted by atomic mass is 16.3. The van der Waals surface area contributed by atoms with E-state index in [9.17, 15) is 9.90 Å². The molecule has 1 aromatic rings. The zero-order valence-electron chi connectivity index (χ0n) is 16.0. The van der Waals surface area contributed by atoms with Gasteiger partial charge in [0.2, 0.25) is 0 Å². The Balaban J connectivity index is 1.59. The molecule has 2 N–H and O–H groups in total. The van der Waals surface area contributed by atoms with Gasteiger partial charge in [0.15, 0.2) is 5.60 Å². The summed E-state index contributed by atoms with van der Waals surface area (Å²) in [4.78, 5) is 16.7. The summed E-state index contributed by atoms with van der Waals surface area (Å²) in [6, 6.07) is 2.12. The van der Waals surface area contributed by atoms with Crippen molar-refractivity contribution < 1.29 is 9.90 Å². The summed E-state index contributed by atoms with van der Waals surface area (Å²) in [6.07, 6.45) is 3.85. The van der Waals surface area contributed by atoms with Crippen LogP contribution in [0.15, 0.2) is 6.07 Å². The van der Waals surface area contributed by atoms with Gasteiger partial charge in [0.05, 0.1) is 5.69 Å². The maximum absolute atomic E-state index is 12.8. The summed E-state index contributed by atoms with van der Waals surface area (Å²) in [5.41, 5.74) is 0.946. The van der Waals surface area contributed by atoms with Crippen molar-refractivity contribution >= 4 is 5.91 Å². The van der Waals surface area contributed by atoms with Gasteiger partial charge in [-0.15, -0.1) is 0 Å². The quantitative estimate of drug-likeness (QED) is 0.826. The number of rotatable bonds is 6. The molecule has 1 atom stereocenters. The average molecular weight is 348 g/mol. The average Bonchev–Trinajstić information content (AvgIpc) is 3.23. The van der Waals surface area contributed by atoms with Crippen LogP contribution in [0.5, 0.6) is 0 Å². The molecule has 1 amide bonds. The molecule has 6 heteroatoms. The number of nitrogens with one attached hydrogen (secondary N) is 1. The summed E-state index contributed by atoms with van der Waals surface area (Å²) in [5.74, 6) is 0.508. The molecule has 6 nitrogen and oxygen atoms in total. The van der Waals surface area contributed by atoms with Crippen LogP contribution in [0.25, 0.3) is 0 Å². The van der Waals surface area contributed by atoms with Crippen molar-refractivity contribution in [3.8, 4) is 0 Å². The second-order valence-electron chi connectivity index (χ2n) is 9.19. The fourth-order valence-electron chi connectivity index (χ4n) is 3.78. The third kappa shape index (κ3) is 4.61. The number of piperidine rings is 1. The SMILES string of the molecule is CN(Cc1cc(C2CC2)n[nH]1)CC1(O)CCCN(CC(C)(C)C)C1=O. The first-order chi connectivity index (χ1) is 11.7. The number of nitrogens with zero attached hydrogens (tertiary/aromatic N) is 3. The maximum Gasteiger partial charge on any atom is 0.255 e. The normalized spacial score (nSPS) is 25.0. The maximum atomic E-state index is 12.8. The first-order valence-electron chi connectivity index (χ1n) is 9.41. The predicted octanol–water partition coefficient (Wildman–Crippen LogP) is 2.12. The van der Waals surface area contributed by atoms with E-state index >= 15 is 0 Å². The fourth-order valence-corrected chi connectivity index (χ4v) is 3.78. The van der Waals surface area contributed by atoms with E-state index in [1.54, 1.807) is 0 Å². The fraction of sp³-hybridized carbons (Fsp3) is 0.789. The number of hydrogen-bond acceptors (Lipinski definition) is 4. The molecule has 1 saturated heterocycles. The van der Waals surface area contributed by atoms with Gasteiger partial charge < -0.3 is 10.0 Å². The highest BCUT2D eigenvalue weighted by Crippen LogP contribution is 2.39. The van der Waals surface area contributed by atoms with Crippen LogP contribution >= 0.6 is 0 Å². The van der Waals surface area contributed by atoms with Crippen molar-refractivity contribution in [3.05, 3.63) is 17.5 Å². The molecule has 2 heterocycles. The predicted molar refractivity (Wildman–Crippen MR) is 97.1 cm³/mol. The Morgan fingerprint density at radius 1 is 1.44 bits per heavy atom. The Bertz CT molecular complexity index is 617. The van der Waals surface area contributed by atoms with Crippen molar-refractivity contribution in [2.75, 3.05) is 26.7 Å². The molecule has 0 bridgehead atoms. The molecule has 0 spiro atoms. The van der Waals surface area contributed by atoms with Crippen LogP contribution in [0.4, 0.5) is 0 Å². The molecule has 1 aliphatic carbocycles. The second kappa shape index (κ2) is 6.72. The lowest BCUT2D eigenvalue weighted by Crippen LogP contribution is -2.59. The van der Waals surface area contributed by atoms with Crippen molar-refractivity contribution in [2.24, 2.45) is 5.41 Å². The smallest absolute Gasteiger partial charge is 0.255 e. The monoisotopic (exact) mass is 348 g/mol. The zero-order valence-corrected chi connectivity index (χ0v) is 16.0. The Morgan fingerprint density at radius 2 is 2.16 bits per heavy atom. The Labute approximate surface area is 150 Å². The van der Waals surface area contributed by atoms with Crippen LogP contribution in [0.3, 0.4) is 0 Å². The van der Waals surface area contributed by atoms with E-state index in [-0.39, 0.29) is 11.3 Å². The van der Waals surface area contributed by atoms with Gasteiger partial charge in [-0.1, -0.05) is 20.8 Å². The van der Waals surface area contributed by atoms with Crippen molar-refractivity contribution in [1.29, 1.82) is 0 Å². The number of hydrogen-bond donors (Lipinski definition) is 2. The molecule has 1 aromatic heterocycles. The van der Waals surface area contributed by atoms with E-state index in [0.717, 1.165) is 24.4 Å². The number of carbonyl (C=O) groups excluding carboxylic acids is 1. The first kappa shape index (κ1) is 18.4. The first-order valence-corrected chi connectivity index (χ1v) is 9.41. The molecule has 0 radical (unpaired) electrons. The Hall–Kier alpha value is -1.40. The Morgan fingerprint density at radius 3 is 2.80 bits per heavy atom. The number of aromatic amines is 1. The molecule has 2 fully saturated rings. The van der Waals surface area contributed by atoms with Gasteiger partial charge in [-0.05, 0) is 44.2 Å². The molecular weight excluding hydrogens is 316 g/mol. The molecular formula is C19H32N4O2. The van der Waals surface area contributed by atoms with E-state index < -0.39 is 5.60 Å². The summed E-state index contributed by atoms with van der Waals surface area (Å²) < 4.78 is 0. The van der Waals surface area contributed by atoms with Crippen LogP contribution in [0, 0.1) is 5.41 Å². The summed E-state index contributed by atoms with van der Waals surface area (Å²) >= 11 is 0. The number of aromatic nitrogens is 2. The van der Waals surface area contributed by atoms with Crippen molar-refractivity contribution in [1.82, 2.24) is 20.0 Å². The minimum absolute atomic E-state index is 0.0366. The van der Waals surface area contributed by atoms with Gasteiger partial charge in [0.1, 0.15) is 0 Å².